The molecule has 3 aromatic rings. The van der Waals surface area contributed by atoms with Crippen LogP contribution in [0.25, 0.3) is 0 Å². The lowest BCUT2D eigenvalue weighted by atomic mass is 10.00. The van der Waals surface area contributed by atoms with Gasteiger partial charge < -0.3 is 15.5 Å². The first-order valence-corrected chi connectivity index (χ1v) is 10.7. The van der Waals surface area contributed by atoms with Gasteiger partial charge in [-0.25, -0.2) is 14.2 Å². The molecular formula is C23H17BrClFN4O2. The number of amides is 3. The summed E-state index contributed by atoms with van der Waals surface area (Å²) in [6.07, 6.45) is -1.28. The fraction of sp³-hybridized carbons (Fsp3) is 0.0870. The van der Waals surface area contributed by atoms with Crippen LogP contribution in [0.5, 0.6) is 0 Å². The van der Waals surface area contributed by atoms with Crippen LogP contribution >= 0.6 is 27.5 Å². The van der Waals surface area contributed by atoms with Crippen molar-refractivity contribution < 1.29 is 14.0 Å². The van der Waals surface area contributed by atoms with Gasteiger partial charge in [-0.1, -0.05) is 57.9 Å². The average molecular weight is 516 g/mol. The van der Waals surface area contributed by atoms with E-state index in [1.807, 2.05) is 0 Å². The van der Waals surface area contributed by atoms with E-state index >= 15 is 0 Å². The Morgan fingerprint density at radius 3 is 2.53 bits per heavy atom. The van der Waals surface area contributed by atoms with E-state index in [-0.39, 0.29) is 11.3 Å². The van der Waals surface area contributed by atoms with Crippen LogP contribution in [0, 0.1) is 5.82 Å². The molecule has 4 rings (SSSR count). The SMILES string of the molecule is CN1C(=O)C(NC(=O)Nc2cc(Br)ccc2Cl)N=C(c2ccccc2F)c2ccccc21. The van der Waals surface area contributed by atoms with Crippen LogP contribution in [0.1, 0.15) is 11.1 Å². The van der Waals surface area contributed by atoms with Crippen molar-refractivity contribution in [1.29, 1.82) is 0 Å². The molecule has 0 aromatic heterocycles. The van der Waals surface area contributed by atoms with Crippen molar-refractivity contribution in [3.63, 3.8) is 0 Å². The maximum atomic E-state index is 14.7. The first kappa shape index (κ1) is 22.0. The lowest BCUT2D eigenvalue weighted by molar-refractivity contribution is -0.119. The van der Waals surface area contributed by atoms with Gasteiger partial charge in [-0.3, -0.25) is 4.79 Å². The summed E-state index contributed by atoms with van der Waals surface area (Å²) < 4.78 is 15.4. The number of carbonyl (C=O) groups excluding carboxylic acids is 2. The predicted octanol–water partition coefficient (Wildman–Crippen LogP) is 5.20. The molecule has 0 saturated carbocycles. The number of hydrogen-bond donors (Lipinski definition) is 2. The second-order valence-electron chi connectivity index (χ2n) is 7.00. The van der Waals surface area contributed by atoms with Crippen molar-refractivity contribution in [2.45, 2.75) is 6.17 Å². The summed E-state index contributed by atoms with van der Waals surface area (Å²) in [7, 11) is 1.58. The Morgan fingerprint density at radius 2 is 1.78 bits per heavy atom. The van der Waals surface area contributed by atoms with E-state index in [9.17, 15) is 14.0 Å². The topological polar surface area (TPSA) is 73.8 Å². The average Bonchev–Trinajstić information content (AvgIpc) is 2.87. The number of para-hydroxylation sites is 1. The number of anilines is 2. The molecule has 0 spiro atoms. The highest BCUT2D eigenvalue weighted by atomic mass is 79.9. The maximum absolute atomic E-state index is 14.7. The number of benzene rings is 3. The third-order valence-electron chi connectivity index (χ3n) is 4.92. The molecule has 9 heteroatoms. The normalized spacial score (nSPS) is 15.5. The number of rotatable bonds is 3. The van der Waals surface area contributed by atoms with E-state index in [1.54, 1.807) is 67.7 Å². The van der Waals surface area contributed by atoms with Gasteiger partial charge in [-0.2, -0.15) is 0 Å². The van der Waals surface area contributed by atoms with E-state index < -0.39 is 23.9 Å². The lowest BCUT2D eigenvalue weighted by Gasteiger charge is -2.21. The zero-order chi connectivity index (χ0) is 22.8. The predicted molar refractivity (Wildman–Crippen MR) is 127 cm³/mol. The maximum Gasteiger partial charge on any atom is 0.321 e. The molecule has 1 heterocycles. The van der Waals surface area contributed by atoms with Crippen LogP contribution in [-0.2, 0) is 4.79 Å². The molecule has 32 heavy (non-hydrogen) atoms. The Bertz CT molecular complexity index is 1250. The number of likely N-dealkylation sites (N-methyl/N-ethyl adjacent to an activating group) is 1. The number of benzodiazepines with no additional fused rings is 1. The molecule has 0 radical (unpaired) electrons. The first-order chi connectivity index (χ1) is 15.3. The van der Waals surface area contributed by atoms with E-state index in [4.69, 9.17) is 11.6 Å². The highest BCUT2D eigenvalue weighted by molar-refractivity contribution is 9.10. The summed E-state index contributed by atoms with van der Waals surface area (Å²) >= 11 is 9.46. The molecule has 3 aromatic carbocycles. The van der Waals surface area contributed by atoms with Crippen LogP contribution in [0.3, 0.4) is 0 Å². The van der Waals surface area contributed by atoms with Gasteiger partial charge in [0.25, 0.3) is 5.91 Å². The summed E-state index contributed by atoms with van der Waals surface area (Å²) in [5.74, 6) is -0.957. The fourth-order valence-electron chi connectivity index (χ4n) is 3.36. The van der Waals surface area contributed by atoms with Gasteiger partial charge in [0.1, 0.15) is 5.82 Å². The van der Waals surface area contributed by atoms with Crippen molar-refractivity contribution in [3.05, 3.63) is 93.2 Å². The Hall–Kier alpha value is -3.23. The van der Waals surface area contributed by atoms with Gasteiger partial charge in [0.15, 0.2) is 0 Å². The van der Waals surface area contributed by atoms with Crippen LogP contribution in [0.15, 0.2) is 76.2 Å². The molecule has 2 N–H and O–H groups in total. The summed E-state index contributed by atoms with van der Waals surface area (Å²) in [6, 6.07) is 17.5. The number of halogens is 3. The molecule has 0 fully saturated rings. The number of nitrogens with zero attached hydrogens (tertiary/aromatic N) is 2. The summed E-state index contributed by atoms with van der Waals surface area (Å²) in [6.45, 7) is 0. The van der Waals surface area contributed by atoms with Crippen molar-refractivity contribution in [2.75, 3.05) is 17.3 Å². The Morgan fingerprint density at radius 1 is 1.09 bits per heavy atom. The van der Waals surface area contributed by atoms with E-state index in [0.29, 0.717) is 22.0 Å². The van der Waals surface area contributed by atoms with Gasteiger partial charge >= 0.3 is 6.03 Å². The molecule has 0 bridgehead atoms. The molecule has 0 saturated heterocycles. The van der Waals surface area contributed by atoms with Crippen LogP contribution in [-0.4, -0.2) is 30.9 Å². The van der Waals surface area contributed by atoms with E-state index in [2.05, 4.69) is 31.6 Å². The lowest BCUT2D eigenvalue weighted by Crippen LogP contribution is -2.47. The standard InChI is InChI=1S/C23H17BrClFN4O2/c1-30-19-9-5-3-7-15(19)20(14-6-2-4-8-17(14)26)28-21(22(30)31)29-23(32)27-18-12-13(24)10-11-16(18)25/h2-12,21H,1H3,(H2,27,29,32). The molecule has 0 aliphatic carbocycles. The second-order valence-corrected chi connectivity index (χ2v) is 8.32. The van der Waals surface area contributed by atoms with Crippen molar-refractivity contribution in [3.8, 4) is 0 Å². The molecule has 1 aliphatic rings. The zero-order valence-electron chi connectivity index (χ0n) is 16.8. The number of urea groups is 1. The monoisotopic (exact) mass is 514 g/mol. The number of nitrogens with one attached hydrogen (secondary N) is 2. The van der Waals surface area contributed by atoms with Gasteiger partial charge in [0, 0.05) is 22.6 Å². The minimum Gasteiger partial charge on any atom is -0.311 e. The molecule has 1 atom stereocenters. The zero-order valence-corrected chi connectivity index (χ0v) is 19.1. The van der Waals surface area contributed by atoms with Gasteiger partial charge in [-0.05, 0) is 36.4 Å². The van der Waals surface area contributed by atoms with Crippen LogP contribution in [0.4, 0.5) is 20.6 Å². The third-order valence-corrected chi connectivity index (χ3v) is 5.74. The molecule has 162 valence electrons. The minimum atomic E-state index is -1.28. The number of fused-ring (bicyclic) bond motifs is 1. The number of aliphatic imine (C=N–C) groups is 1. The second kappa shape index (κ2) is 9.10. The molecule has 3 amide bonds. The molecule has 1 unspecified atom stereocenters. The largest absolute Gasteiger partial charge is 0.321 e. The Kier molecular flexibility index (Phi) is 6.25. The summed E-state index contributed by atoms with van der Waals surface area (Å²) in [4.78, 5) is 31.7. The van der Waals surface area contributed by atoms with Crippen LogP contribution < -0.4 is 15.5 Å². The van der Waals surface area contributed by atoms with Crippen molar-refractivity contribution in [1.82, 2.24) is 5.32 Å². The van der Waals surface area contributed by atoms with Gasteiger partial charge in [0.05, 0.1) is 22.1 Å². The smallest absolute Gasteiger partial charge is 0.311 e. The van der Waals surface area contributed by atoms with Crippen molar-refractivity contribution >= 4 is 56.6 Å². The molecule has 6 nitrogen and oxygen atoms in total. The third kappa shape index (κ3) is 4.37. The summed E-state index contributed by atoms with van der Waals surface area (Å²) in [5, 5.41) is 5.51. The Balaban J connectivity index is 1.72. The highest BCUT2D eigenvalue weighted by Gasteiger charge is 2.31. The van der Waals surface area contributed by atoms with E-state index in [1.165, 1.54) is 11.0 Å². The minimum absolute atomic E-state index is 0.227. The van der Waals surface area contributed by atoms with Gasteiger partial charge in [0.2, 0.25) is 6.17 Å². The van der Waals surface area contributed by atoms with Crippen molar-refractivity contribution in [2.24, 2.45) is 4.99 Å². The number of carbonyl (C=O) groups is 2. The summed E-state index contributed by atoms with van der Waals surface area (Å²) in [5.41, 5.74) is 1.98. The first-order valence-electron chi connectivity index (χ1n) is 9.57. The Labute approximate surface area is 197 Å². The fourth-order valence-corrected chi connectivity index (χ4v) is 3.89. The van der Waals surface area contributed by atoms with Gasteiger partial charge in [-0.15, -0.1) is 0 Å². The molecule has 1 aliphatic heterocycles. The number of hydrogen-bond acceptors (Lipinski definition) is 3. The van der Waals surface area contributed by atoms with Crippen LogP contribution in [0.2, 0.25) is 5.02 Å². The highest BCUT2D eigenvalue weighted by Crippen LogP contribution is 2.28. The van der Waals surface area contributed by atoms with E-state index in [0.717, 1.165) is 4.47 Å². The molecular weight excluding hydrogens is 499 g/mol. The quantitative estimate of drug-likeness (QED) is 0.503.